The molecule has 0 rings (SSSR count). The molecule has 0 aromatic rings. The number of hydrogen-bond acceptors (Lipinski definition) is 2. The SMILES string of the molecule is C#CCCCC(=O)CCOCC. The maximum absolute atomic E-state index is 11.0. The van der Waals surface area contributed by atoms with Gasteiger partial charge in [0.15, 0.2) is 0 Å². The van der Waals surface area contributed by atoms with Crippen LogP contribution in [-0.2, 0) is 9.53 Å². The maximum Gasteiger partial charge on any atom is 0.135 e. The lowest BCUT2D eigenvalue weighted by molar-refractivity contribution is -0.120. The van der Waals surface area contributed by atoms with Gasteiger partial charge in [-0.05, 0) is 13.3 Å². The molecule has 2 nitrogen and oxygen atoms in total. The van der Waals surface area contributed by atoms with Gasteiger partial charge in [0, 0.05) is 25.9 Å². The number of hydrogen-bond donors (Lipinski definition) is 0. The number of carbonyl (C=O) groups is 1. The summed E-state index contributed by atoms with van der Waals surface area (Å²) in [5, 5.41) is 0. The zero-order chi connectivity index (χ0) is 9.23. The number of Topliss-reactive ketones (excluding diaryl/α,β-unsaturated/α-hetero) is 1. The summed E-state index contributed by atoms with van der Waals surface area (Å²) < 4.78 is 5.05. The highest BCUT2D eigenvalue weighted by atomic mass is 16.5. The third-order valence-corrected chi connectivity index (χ3v) is 1.51. The van der Waals surface area contributed by atoms with Crippen LogP contribution in [0.3, 0.4) is 0 Å². The van der Waals surface area contributed by atoms with Crippen LogP contribution in [0.25, 0.3) is 0 Å². The monoisotopic (exact) mass is 168 g/mol. The molecule has 0 bridgehead atoms. The van der Waals surface area contributed by atoms with E-state index in [2.05, 4.69) is 5.92 Å². The van der Waals surface area contributed by atoms with Crippen molar-refractivity contribution in [1.82, 2.24) is 0 Å². The standard InChI is InChI=1S/C10H16O2/c1-3-5-6-7-10(11)8-9-12-4-2/h1H,4-9H2,2H3. The lowest BCUT2D eigenvalue weighted by atomic mass is 10.1. The fourth-order valence-electron chi connectivity index (χ4n) is 0.843. The number of carbonyl (C=O) groups excluding carboxylic acids is 1. The molecule has 0 aliphatic heterocycles. The minimum absolute atomic E-state index is 0.249. The molecule has 0 saturated heterocycles. The molecule has 0 N–H and O–H groups in total. The first-order valence-corrected chi connectivity index (χ1v) is 4.34. The molecule has 0 fully saturated rings. The van der Waals surface area contributed by atoms with Crippen molar-refractivity contribution in [1.29, 1.82) is 0 Å². The van der Waals surface area contributed by atoms with Crippen LogP contribution in [0.5, 0.6) is 0 Å². The summed E-state index contributed by atoms with van der Waals surface area (Å²) in [5.74, 6) is 2.76. The Labute approximate surface area is 74.3 Å². The highest BCUT2D eigenvalue weighted by molar-refractivity contribution is 5.78. The molecule has 0 aromatic heterocycles. The van der Waals surface area contributed by atoms with Crippen LogP contribution < -0.4 is 0 Å². The fraction of sp³-hybridized carbons (Fsp3) is 0.700. The molecule has 0 unspecified atom stereocenters. The Morgan fingerprint density at radius 1 is 1.50 bits per heavy atom. The quantitative estimate of drug-likeness (QED) is 0.428. The Kier molecular flexibility index (Phi) is 7.73. The van der Waals surface area contributed by atoms with Crippen LogP contribution in [-0.4, -0.2) is 19.0 Å². The minimum atomic E-state index is 0.249. The highest BCUT2D eigenvalue weighted by Gasteiger charge is 1.99. The molecular weight excluding hydrogens is 152 g/mol. The van der Waals surface area contributed by atoms with Crippen LogP contribution in [0.4, 0.5) is 0 Å². The molecule has 0 aliphatic rings. The van der Waals surface area contributed by atoms with Gasteiger partial charge in [0.1, 0.15) is 5.78 Å². The average molecular weight is 168 g/mol. The summed E-state index contributed by atoms with van der Waals surface area (Å²) >= 11 is 0. The molecule has 0 heterocycles. The van der Waals surface area contributed by atoms with Gasteiger partial charge in [-0.1, -0.05) is 0 Å². The largest absolute Gasteiger partial charge is 0.381 e. The van der Waals surface area contributed by atoms with Crippen molar-refractivity contribution < 1.29 is 9.53 Å². The van der Waals surface area contributed by atoms with Gasteiger partial charge in [-0.2, -0.15) is 0 Å². The number of ether oxygens (including phenoxy) is 1. The van der Waals surface area contributed by atoms with E-state index in [0.717, 1.165) is 6.42 Å². The van der Waals surface area contributed by atoms with Gasteiger partial charge < -0.3 is 4.74 Å². The summed E-state index contributed by atoms with van der Waals surface area (Å²) in [7, 11) is 0. The smallest absolute Gasteiger partial charge is 0.135 e. The number of ketones is 1. The summed E-state index contributed by atoms with van der Waals surface area (Å²) in [4.78, 5) is 11.0. The number of terminal acetylenes is 1. The molecule has 0 amide bonds. The van der Waals surface area contributed by atoms with E-state index in [-0.39, 0.29) is 5.78 Å². The Bertz CT molecular complexity index is 156. The Balaban J connectivity index is 3.17. The summed E-state index contributed by atoms with van der Waals surface area (Å²) in [5.41, 5.74) is 0. The van der Waals surface area contributed by atoms with Crippen LogP contribution in [0.15, 0.2) is 0 Å². The van der Waals surface area contributed by atoms with Crippen LogP contribution >= 0.6 is 0 Å². The molecule has 0 atom stereocenters. The van der Waals surface area contributed by atoms with Crippen molar-refractivity contribution in [3.05, 3.63) is 0 Å². The molecule has 0 spiro atoms. The predicted octanol–water partition coefficient (Wildman–Crippen LogP) is 1.79. The van der Waals surface area contributed by atoms with Crippen LogP contribution in [0.2, 0.25) is 0 Å². The zero-order valence-corrected chi connectivity index (χ0v) is 7.64. The molecule has 2 heteroatoms. The van der Waals surface area contributed by atoms with E-state index in [4.69, 9.17) is 11.2 Å². The van der Waals surface area contributed by atoms with Crippen molar-refractivity contribution in [2.45, 2.75) is 32.6 Å². The lowest BCUT2D eigenvalue weighted by Crippen LogP contribution is -2.03. The predicted molar refractivity (Wildman–Crippen MR) is 48.8 cm³/mol. The molecule has 68 valence electrons. The van der Waals surface area contributed by atoms with E-state index < -0.39 is 0 Å². The fourth-order valence-corrected chi connectivity index (χ4v) is 0.843. The van der Waals surface area contributed by atoms with Crippen molar-refractivity contribution in [2.75, 3.05) is 13.2 Å². The number of unbranched alkanes of at least 4 members (excludes halogenated alkanes) is 1. The zero-order valence-electron chi connectivity index (χ0n) is 7.64. The van der Waals surface area contributed by atoms with E-state index in [1.54, 1.807) is 0 Å². The van der Waals surface area contributed by atoms with Gasteiger partial charge in [0.2, 0.25) is 0 Å². The second-order valence-corrected chi connectivity index (χ2v) is 2.54. The van der Waals surface area contributed by atoms with E-state index in [1.807, 2.05) is 6.92 Å². The Morgan fingerprint density at radius 3 is 2.83 bits per heavy atom. The van der Waals surface area contributed by atoms with E-state index >= 15 is 0 Å². The first-order valence-electron chi connectivity index (χ1n) is 4.34. The van der Waals surface area contributed by atoms with E-state index in [0.29, 0.717) is 32.5 Å². The maximum atomic E-state index is 11.0. The molecule has 0 radical (unpaired) electrons. The molecule has 0 saturated carbocycles. The summed E-state index contributed by atoms with van der Waals surface area (Å²) in [6.07, 6.45) is 7.67. The highest BCUT2D eigenvalue weighted by Crippen LogP contribution is 1.98. The first kappa shape index (κ1) is 11.2. The van der Waals surface area contributed by atoms with Gasteiger partial charge in [-0.25, -0.2) is 0 Å². The van der Waals surface area contributed by atoms with Crippen LogP contribution in [0.1, 0.15) is 32.6 Å². The summed E-state index contributed by atoms with van der Waals surface area (Å²) in [6.45, 7) is 3.14. The minimum Gasteiger partial charge on any atom is -0.381 e. The molecule has 0 aliphatic carbocycles. The van der Waals surface area contributed by atoms with Crippen molar-refractivity contribution >= 4 is 5.78 Å². The van der Waals surface area contributed by atoms with Gasteiger partial charge in [-0.15, -0.1) is 12.3 Å². The third-order valence-electron chi connectivity index (χ3n) is 1.51. The first-order chi connectivity index (χ1) is 5.81. The second kappa shape index (κ2) is 8.29. The second-order valence-electron chi connectivity index (χ2n) is 2.54. The van der Waals surface area contributed by atoms with Gasteiger partial charge >= 0.3 is 0 Å². The van der Waals surface area contributed by atoms with Crippen molar-refractivity contribution in [3.8, 4) is 12.3 Å². The topological polar surface area (TPSA) is 26.3 Å². The van der Waals surface area contributed by atoms with E-state index in [1.165, 1.54) is 0 Å². The summed E-state index contributed by atoms with van der Waals surface area (Å²) in [6, 6.07) is 0. The van der Waals surface area contributed by atoms with Gasteiger partial charge in [0.25, 0.3) is 0 Å². The Hall–Kier alpha value is -0.810. The van der Waals surface area contributed by atoms with Crippen molar-refractivity contribution in [3.63, 3.8) is 0 Å². The van der Waals surface area contributed by atoms with Crippen LogP contribution in [0, 0.1) is 12.3 Å². The average Bonchev–Trinajstić information content (AvgIpc) is 2.06. The normalized spacial score (nSPS) is 9.33. The van der Waals surface area contributed by atoms with E-state index in [9.17, 15) is 4.79 Å². The molecular formula is C10H16O2. The van der Waals surface area contributed by atoms with Gasteiger partial charge in [-0.3, -0.25) is 4.79 Å². The Morgan fingerprint density at radius 2 is 2.25 bits per heavy atom. The van der Waals surface area contributed by atoms with Crippen molar-refractivity contribution in [2.24, 2.45) is 0 Å². The lowest BCUT2D eigenvalue weighted by Gasteiger charge is -1.99. The molecule has 12 heavy (non-hydrogen) atoms. The van der Waals surface area contributed by atoms with Gasteiger partial charge in [0.05, 0.1) is 6.61 Å². The molecule has 0 aromatic carbocycles. The third kappa shape index (κ3) is 7.30. The number of rotatable bonds is 7.